The fourth-order valence-corrected chi connectivity index (χ4v) is 2.27. The molecule has 0 aromatic heterocycles. The summed E-state index contributed by atoms with van der Waals surface area (Å²) in [5.41, 5.74) is 0. The first-order valence-corrected chi connectivity index (χ1v) is 10.4. The zero-order valence-electron chi connectivity index (χ0n) is 14.5. The second kappa shape index (κ2) is 19.1. The van der Waals surface area contributed by atoms with Gasteiger partial charge in [-0.3, -0.25) is 0 Å². The van der Waals surface area contributed by atoms with E-state index < -0.39 is 7.82 Å². The van der Waals surface area contributed by atoms with Gasteiger partial charge >= 0.3 is 7.82 Å². The summed E-state index contributed by atoms with van der Waals surface area (Å²) in [4.78, 5) is 14.9. The summed E-state index contributed by atoms with van der Waals surface area (Å²) in [6.07, 6.45) is 20.4. The van der Waals surface area contributed by atoms with E-state index in [2.05, 4.69) is 18.5 Å². The molecule has 0 aliphatic heterocycles. The van der Waals surface area contributed by atoms with Crippen LogP contribution in [0.2, 0.25) is 0 Å². The lowest BCUT2D eigenvalue weighted by Crippen LogP contribution is -1.82. The van der Waals surface area contributed by atoms with E-state index in [0.717, 1.165) is 0 Å². The van der Waals surface area contributed by atoms with Crippen molar-refractivity contribution in [3.8, 4) is 0 Å². The average Bonchev–Trinajstić information content (AvgIpc) is 2.48. The smallest absolute Gasteiger partial charge is 0.301 e. The molecule has 0 aliphatic carbocycles. The highest BCUT2D eigenvalue weighted by molar-refractivity contribution is 7.46. The minimum atomic E-state index is -4.59. The Morgan fingerprint density at radius 3 is 0.955 bits per heavy atom. The first-order valence-electron chi connectivity index (χ1n) is 8.86. The topological polar surface area (TPSA) is 87.0 Å². The summed E-state index contributed by atoms with van der Waals surface area (Å²) >= 11 is 0. The molecule has 0 saturated heterocycles. The van der Waals surface area contributed by atoms with Crippen molar-refractivity contribution >= 4 is 7.82 Å². The molecule has 0 aliphatic rings. The molecule has 0 amide bonds. The van der Waals surface area contributed by atoms with Gasteiger partial charge in [0.05, 0.1) is 0 Å². The normalized spacial score (nSPS) is 11.1. The zero-order valence-corrected chi connectivity index (χ0v) is 15.4. The quantitative estimate of drug-likeness (QED) is 0.155. The van der Waals surface area contributed by atoms with Gasteiger partial charge in [-0.15, -0.1) is 4.67 Å². The Hall–Kier alpha value is 0.0700. The standard InChI is InChI=1S/C16H34.H3O5P/c1-3-5-7-9-11-13-15-16-14-12-10-8-6-4-2;1-5-6(2,3)4/h3-16H2,1-2H3;1H,(H2,2,3,4). The molecule has 0 unspecified atom stereocenters. The average molecular weight is 340 g/mol. The van der Waals surface area contributed by atoms with Gasteiger partial charge in [-0.1, -0.05) is 104 Å². The van der Waals surface area contributed by atoms with E-state index in [4.69, 9.17) is 15.0 Å². The molecule has 0 atom stereocenters. The zero-order chi connectivity index (χ0) is 17.1. The van der Waals surface area contributed by atoms with Crippen molar-refractivity contribution in [1.29, 1.82) is 0 Å². The Morgan fingerprint density at radius 2 is 0.818 bits per heavy atom. The van der Waals surface area contributed by atoms with E-state index in [1.807, 2.05) is 0 Å². The lowest BCUT2D eigenvalue weighted by molar-refractivity contribution is -0.158. The van der Waals surface area contributed by atoms with Crippen molar-refractivity contribution in [2.45, 2.75) is 104 Å². The van der Waals surface area contributed by atoms with Crippen LogP contribution in [0.1, 0.15) is 104 Å². The maximum absolute atomic E-state index is 9.22. The Morgan fingerprint density at radius 1 is 0.636 bits per heavy atom. The molecule has 0 bridgehead atoms. The van der Waals surface area contributed by atoms with Crippen LogP contribution < -0.4 is 0 Å². The van der Waals surface area contributed by atoms with Crippen molar-refractivity contribution in [3.05, 3.63) is 0 Å². The molecule has 5 nitrogen and oxygen atoms in total. The van der Waals surface area contributed by atoms with Gasteiger partial charge in [0.1, 0.15) is 0 Å². The summed E-state index contributed by atoms with van der Waals surface area (Å²) in [5.74, 6) is 0. The highest BCUT2D eigenvalue weighted by Crippen LogP contribution is 2.33. The summed E-state index contributed by atoms with van der Waals surface area (Å²) in [6, 6.07) is 0. The Bertz CT molecular complexity index is 229. The number of hydrogen-bond acceptors (Lipinski definition) is 3. The molecule has 0 heterocycles. The highest BCUT2D eigenvalue weighted by Gasteiger charge is 2.10. The van der Waals surface area contributed by atoms with Gasteiger partial charge in [0.15, 0.2) is 0 Å². The van der Waals surface area contributed by atoms with Crippen LogP contribution in [0, 0.1) is 0 Å². The third kappa shape index (κ3) is 28.3. The van der Waals surface area contributed by atoms with Crippen molar-refractivity contribution in [3.63, 3.8) is 0 Å². The predicted molar refractivity (Wildman–Crippen MR) is 91.7 cm³/mol. The van der Waals surface area contributed by atoms with Crippen LogP contribution in [0.4, 0.5) is 0 Å². The first kappa shape index (κ1) is 24.3. The van der Waals surface area contributed by atoms with Crippen LogP contribution in [0.5, 0.6) is 0 Å². The molecule has 136 valence electrons. The molecule has 0 radical (unpaired) electrons. The molecule has 0 rings (SSSR count). The predicted octanol–water partition coefficient (Wildman–Crippen LogP) is 6.06. The molecule has 6 heteroatoms. The molecular formula is C16H37O5P. The number of hydrogen-bond donors (Lipinski definition) is 3. The van der Waals surface area contributed by atoms with Gasteiger partial charge in [0, 0.05) is 0 Å². The van der Waals surface area contributed by atoms with Crippen molar-refractivity contribution in [1.82, 2.24) is 0 Å². The van der Waals surface area contributed by atoms with E-state index in [-0.39, 0.29) is 0 Å². The number of rotatable bonds is 14. The molecule has 0 fully saturated rings. The monoisotopic (exact) mass is 340 g/mol. The Labute approximate surface area is 136 Å². The van der Waals surface area contributed by atoms with Crippen LogP contribution in [-0.4, -0.2) is 15.0 Å². The Balaban J connectivity index is 0. The summed E-state index contributed by atoms with van der Waals surface area (Å²) in [7, 11) is -4.59. The van der Waals surface area contributed by atoms with Gasteiger partial charge < -0.3 is 9.79 Å². The van der Waals surface area contributed by atoms with E-state index in [0.29, 0.717) is 0 Å². The van der Waals surface area contributed by atoms with Gasteiger partial charge in [0.2, 0.25) is 0 Å². The van der Waals surface area contributed by atoms with Gasteiger partial charge in [-0.2, -0.15) is 0 Å². The first-order chi connectivity index (χ1) is 10.5. The molecule has 0 aromatic carbocycles. The second-order valence-electron chi connectivity index (χ2n) is 5.81. The van der Waals surface area contributed by atoms with Gasteiger partial charge in [-0.25, -0.2) is 9.82 Å². The SMILES string of the molecule is CCCCCCCCCCCCCCCC.O=P(O)(O)OO. The van der Waals surface area contributed by atoms with E-state index in [1.54, 1.807) is 0 Å². The van der Waals surface area contributed by atoms with Crippen molar-refractivity contribution in [2.24, 2.45) is 0 Å². The molecule has 0 saturated carbocycles. The van der Waals surface area contributed by atoms with Gasteiger partial charge in [0.25, 0.3) is 0 Å². The van der Waals surface area contributed by atoms with Crippen molar-refractivity contribution < 1.29 is 24.3 Å². The van der Waals surface area contributed by atoms with Crippen LogP contribution in [0.3, 0.4) is 0 Å². The minimum absolute atomic E-state index is 1.37. The lowest BCUT2D eigenvalue weighted by atomic mass is 10.0. The second-order valence-corrected chi connectivity index (χ2v) is 6.96. The van der Waals surface area contributed by atoms with E-state index in [1.165, 1.54) is 89.9 Å². The van der Waals surface area contributed by atoms with Crippen LogP contribution in [-0.2, 0) is 9.24 Å². The fourth-order valence-electron chi connectivity index (χ4n) is 2.27. The molecule has 3 N–H and O–H groups in total. The van der Waals surface area contributed by atoms with Crippen LogP contribution in [0.25, 0.3) is 0 Å². The van der Waals surface area contributed by atoms with Crippen LogP contribution in [0.15, 0.2) is 0 Å². The fraction of sp³-hybridized carbons (Fsp3) is 1.00. The van der Waals surface area contributed by atoms with E-state index >= 15 is 0 Å². The Kier molecular flexibility index (Phi) is 21.1. The summed E-state index contributed by atoms with van der Waals surface area (Å²) in [5, 5.41) is 7.14. The summed E-state index contributed by atoms with van der Waals surface area (Å²) in [6.45, 7) is 4.58. The molecule has 0 spiro atoms. The van der Waals surface area contributed by atoms with Crippen LogP contribution >= 0.6 is 7.82 Å². The molecule has 0 aromatic rings. The maximum Gasteiger partial charge on any atom is 0.496 e. The third-order valence-corrected chi connectivity index (χ3v) is 3.78. The molecule has 22 heavy (non-hydrogen) atoms. The van der Waals surface area contributed by atoms with Crippen molar-refractivity contribution in [2.75, 3.05) is 0 Å². The van der Waals surface area contributed by atoms with Gasteiger partial charge in [-0.05, 0) is 0 Å². The maximum atomic E-state index is 9.22. The molecular weight excluding hydrogens is 303 g/mol. The van der Waals surface area contributed by atoms with E-state index in [9.17, 15) is 4.57 Å². The highest BCUT2D eigenvalue weighted by atomic mass is 31.2. The number of phosphoric acid groups is 1. The lowest BCUT2D eigenvalue weighted by Gasteiger charge is -2.02. The largest absolute Gasteiger partial charge is 0.496 e. The third-order valence-electron chi connectivity index (χ3n) is 3.56. The number of unbranched alkanes of at least 4 members (excludes halogenated alkanes) is 13. The minimum Gasteiger partial charge on any atom is -0.301 e. The summed E-state index contributed by atoms with van der Waals surface area (Å²) < 4.78 is 11.8.